The minimum Gasteiger partial charge on any atom is -0.224 e. The normalized spacial score (nSPS) is 17.2. The van der Waals surface area contributed by atoms with E-state index in [4.69, 9.17) is 0 Å². The lowest BCUT2D eigenvalue weighted by Gasteiger charge is -1.87. The van der Waals surface area contributed by atoms with Crippen molar-refractivity contribution in [1.82, 2.24) is 5.43 Å². The molecule has 0 aliphatic carbocycles. The second kappa shape index (κ2) is 1.84. The van der Waals surface area contributed by atoms with Crippen LogP contribution in [0.3, 0.4) is 0 Å². The highest BCUT2D eigenvalue weighted by molar-refractivity contribution is 7.95. The Morgan fingerprint density at radius 2 is 2.22 bits per heavy atom. The van der Waals surface area contributed by atoms with E-state index >= 15 is 0 Å². The Hall–Kier alpha value is -0.840. The van der Waals surface area contributed by atoms with Crippen LogP contribution in [0, 0.1) is 0 Å². The van der Waals surface area contributed by atoms with E-state index < -0.39 is 9.84 Å². The lowest BCUT2D eigenvalue weighted by atomic mass is 10.7. The molecule has 49 valence electrons. The Morgan fingerprint density at radius 1 is 1.56 bits per heavy atom. The van der Waals surface area contributed by atoms with Gasteiger partial charge in [-0.1, -0.05) is 0 Å². The van der Waals surface area contributed by atoms with Crippen molar-refractivity contribution in [3.8, 4) is 0 Å². The highest BCUT2D eigenvalue weighted by Gasteiger charge is 2.11. The van der Waals surface area contributed by atoms with Crippen LogP contribution in [-0.2, 0) is 9.84 Å². The molecule has 1 aliphatic heterocycles. The van der Waals surface area contributed by atoms with E-state index in [1.165, 1.54) is 12.4 Å². The highest BCUT2D eigenvalue weighted by atomic mass is 32.2. The summed E-state index contributed by atoms with van der Waals surface area (Å²) >= 11 is 0. The summed E-state index contributed by atoms with van der Waals surface area (Å²) in [5, 5.41) is 3.36. The number of hydrogen-bond donors (Lipinski definition) is 0. The van der Waals surface area contributed by atoms with Crippen molar-refractivity contribution in [2.75, 3.05) is 6.26 Å². The van der Waals surface area contributed by atoms with Gasteiger partial charge in [0.05, 0.1) is 12.4 Å². The van der Waals surface area contributed by atoms with E-state index in [2.05, 4.69) is 10.5 Å². The summed E-state index contributed by atoms with van der Waals surface area (Å²) in [4.78, 5) is 0.169. The van der Waals surface area contributed by atoms with Gasteiger partial charge in [0.25, 0.3) is 0 Å². The van der Waals surface area contributed by atoms with E-state index in [0.717, 1.165) is 6.26 Å². The Labute approximate surface area is 53.2 Å². The van der Waals surface area contributed by atoms with Crippen molar-refractivity contribution >= 4 is 16.1 Å². The molecule has 9 heavy (non-hydrogen) atoms. The lowest BCUT2D eigenvalue weighted by molar-refractivity contribution is 0.609. The number of nitrogens with zero attached hydrogens (tertiary/aromatic N) is 2. The van der Waals surface area contributed by atoms with Gasteiger partial charge in [-0.15, -0.1) is 0 Å². The predicted molar refractivity (Wildman–Crippen MR) is 33.6 cm³/mol. The smallest absolute Gasteiger partial charge is 0.178 e. The predicted octanol–water partition coefficient (Wildman–Crippen LogP) is -0.524. The lowest BCUT2D eigenvalue weighted by Crippen LogP contribution is -1.99. The quantitative estimate of drug-likeness (QED) is 0.498. The van der Waals surface area contributed by atoms with Crippen LogP contribution in [0.15, 0.2) is 16.2 Å². The molecule has 1 rings (SSSR count). The van der Waals surface area contributed by atoms with Crippen molar-refractivity contribution in [3.63, 3.8) is 0 Å². The Kier molecular flexibility index (Phi) is 1.28. The molecule has 5 heteroatoms. The second-order valence-electron chi connectivity index (χ2n) is 1.66. The number of rotatable bonds is 1. The first-order chi connectivity index (χ1) is 4.11. The Bertz CT molecular complexity index is 262. The fraction of sp³-hybridized carbons (Fsp3) is 0.250. The van der Waals surface area contributed by atoms with E-state index in [0.29, 0.717) is 0 Å². The van der Waals surface area contributed by atoms with Crippen LogP contribution in [-0.4, -0.2) is 20.9 Å². The van der Waals surface area contributed by atoms with Crippen LogP contribution in [0.4, 0.5) is 0 Å². The summed E-state index contributed by atoms with van der Waals surface area (Å²) in [6.45, 7) is 0. The first-order valence-electron chi connectivity index (χ1n) is 2.24. The standard InChI is InChI=1S/C4H5N2O2S/c1-9(7,8)4-2-5-6-3-4/h2-3H,1H3. The molecule has 4 nitrogen and oxygen atoms in total. The highest BCUT2D eigenvalue weighted by Crippen LogP contribution is 2.03. The third-order valence-electron chi connectivity index (χ3n) is 0.865. The summed E-state index contributed by atoms with van der Waals surface area (Å²) < 4.78 is 21.2. The number of allylic oxidation sites excluding steroid dienone is 1. The second-order valence-corrected chi connectivity index (χ2v) is 3.68. The van der Waals surface area contributed by atoms with Gasteiger partial charge >= 0.3 is 0 Å². The van der Waals surface area contributed by atoms with Crippen molar-refractivity contribution in [3.05, 3.63) is 11.1 Å². The zero-order valence-electron chi connectivity index (χ0n) is 4.77. The fourth-order valence-electron chi connectivity index (χ4n) is 0.405. The van der Waals surface area contributed by atoms with Crippen LogP contribution < -0.4 is 5.43 Å². The minimum absolute atomic E-state index is 0.169. The molecule has 0 saturated carbocycles. The monoisotopic (exact) mass is 145 g/mol. The summed E-state index contributed by atoms with van der Waals surface area (Å²) in [6.07, 6.45) is 3.55. The van der Waals surface area contributed by atoms with Gasteiger partial charge in [-0.3, -0.25) is 0 Å². The van der Waals surface area contributed by atoms with Crippen LogP contribution in [0.5, 0.6) is 0 Å². The summed E-state index contributed by atoms with van der Waals surface area (Å²) in [5.74, 6) is 0. The molecule has 0 atom stereocenters. The zero-order valence-corrected chi connectivity index (χ0v) is 5.59. The van der Waals surface area contributed by atoms with E-state index in [1.54, 1.807) is 0 Å². The molecule has 1 radical (unpaired) electrons. The van der Waals surface area contributed by atoms with Gasteiger partial charge in [0.15, 0.2) is 9.84 Å². The third kappa shape index (κ3) is 1.29. The Morgan fingerprint density at radius 3 is 2.44 bits per heavy atom. The first kappa shape index (κ1) is 6.28. The van der Waals surface area contributed by atoms with Crippen LogP contribution in [0.1, 0.15) is 0 Å². The molecule has 0 aromatic rings. The molecule has 1 heterocycles. The van der Waals surface area contributed by atoms with Gasteiger partial charge in [-0.2, -0.15) is 10.5 Å². The van der Waals surface area contributed by atoms with Crippen molar-refractivity contribution in [2.45, 2.75) is 0 Å². The first-order valence-corrected chi connectivity index (χ1v) is 4.13. The van der Waals surface area contributed by atoms with Gasteiger partial charge in [0.2, 0.25) is 0 Å². The molecule has 0 unspecified atom stereocenters. The van der Waals surface area contributed by atoms with Crippen LogP contribution in [0.25, 0.3) is 0 Å². The van der Waals surface area contributed by atoms with Crippen molar-refractivity contribution < 1.29 is 8.42 Å². The Balaban J connectivity index is 3.01. The van der Waals surface area contributed by atoms with E-state index in [1.807, 2.05) is 0 Å². The molecule has 0 N–H and O–H groups in total. The fourth-order valence-corrected chi connectivity index (χ4v) is 0.883. The SMILES string of the molecule is CS(=O)(=O)C1=C[N]N=C1. The molecule has 0 bridgehead atoms. The van der Waals surface area contributed by atoms with Gasteiger partial charge in [0, 0.05) is 6.26 Å². The summed E-state index contributed by atoms with van der Waals surface area (Å²) in [7, 11) is -3.08. The molecule has 0 aromatic heterocycles. The van der Waals surface area contributed by atoms with Gasteiger partial charge in [-0.05, 0) is 0 Å². The number of hydrogen-bond acceptors (Lipinski definition) is 3. The largest absolute Gasteiger partial charge is 0.224 e. The zero-order chi connectivity index (χ0) is 6.91. The van der Waals surface area contributed by atoms with E-state index in [9.17, 15) is 8.42 Å². The number of sulfone groups is 1. The third-order valence-corrected chi connectivity index (χ3v) is 1.93. The van der Waals surface area contributed by atoms with Gasteiger partial charge in [0.1, 0.15) is 4.91 Å². The average Bonchev–Trinajstić information content (AvgIpc) is 2.08. The molecule has 0 amide bonds. The maximum Gasteiger partial charge on any atom is 0.178 e. The molecular weight excluding hydrogens is 140 g/mol. The van der Waals surface area contributed by atoms with Gasteiger partial charge < -0.3 is 0 Å². The molecule has 0 fully saturated rings. The average molecular weight is 145 g/mol. The summed E-state index contributed by atoms with van der Waals surface area (Å²) in [6, 6.07) is 0. The maximum absolute atomic E-state index is 10.6. The van der Waals surface area contributed by atoms with Crippen molar-refractivity contribution in [1.29, 1.82) is 0 Å². The summed E-state index contributed by atoms with van der Waals surface area (Å²) in [5.41, 5.74) is 3.36. The maximum atomic E-state index is 10.6. The molecular formula is C4H5N2O2S. The van der Waals surface area contributed by atoms with Crippen molar-refractivity contribution in [2.24, 2.45) is 5.10 Å². The van der Waals surface area contributed by atoms with Crippen LogP contribution in [0.2, 0.25) is 0 Å². The van der Waals surface area contributed by atoms with E-state index in [-0.39, 0.29) is 4.91 Å². The topological polar surface area (TPSA) is 60.6 Å². The molecule has 0 aromatic carbocycles. The molecule has 1 aliphatic rings. The molecule has 0 spiro atoms. The van der Waals surface area contributed by atoms with Crippen LogP contribution >= 0.6 is 0 Å². The molecule has 0 saturated heterocycles. The minimum atomic E-state index is -3.08. The van der Waals surface area contributed by atoms with Gasteiger partial charge in [-0.25, -0.2) is 8.42 Å².